The fourth-order valence-electron chi connectivity index (χ4n) is 3.43. The normalized spacial score (nSPS) is 11.4. The molecule has 0 unspecified atom stereocenters. The molecule has 0 bridgehead atoms. The molecule has 0 fully saturated rings. The van der Waals surface area contributed by atoms with Crippen molar-refractivity contribution in [2.75, 3.05) is 0 Å². The molecule has 0 radical (unpaired) electrons. The Kier molecular flexibility index (Phi) is 3.55. The van der Waals surface area contributed by atoms with Crippen LogP contribution < -0.4 is 5.56 Å². The summed E-state index contributed by atoms with van der Waals surface area (Å²) in [6, 6.07) is 17.6. The summed E-state index contributed by atoms with van der Waals surface area (Å²) in [5.41, 5.74) is 3.56. The van der Waals surface area contributed by atoms with E-state index in [4.69, 9.17) is 0 Å². The zero-order valence-electron chi connectivity index (χ0n) is 14.9. The summed E-state index contributed by atoms with van der Waals surface area (Å²) in [7, 11) is 0. The van der Waals surface area contributed by atoms with E-state index in [1.807, 2.05) is 37.3 Å². The Balaban J connectivity index is 1.80. The van der Waals surface area contributed by atoms with Crippen LogP contribution in [0.2, 0.25) is 0 Å². The maximum absolute atomic E-state index is 14.1. The highest BCUT2D eigenvalue weighted by Crippen LogP contribution is 2.27. The van der Waals surface area contributed by atoms with Crippen molar-refractivity contribution in [1.82, 2.24) is 24.4 Å². The first-order valence-electron chi connectivity index (χ1n) is 8.73. The number of rotatable bonds is 2. The van der Waals surface area contributed by atoms with E-state index in [1.165, 1.54) is 16.8 Å². The van der Waals surface area contributed by atoms with Gasteiger partial charge in [-0.1, -0.05) is 42.5 Å². The molecule has 5 rings (SSSR count). The molecule has 0 aliphatic heterocycles. The van der Waals surface area contributed by atoms with E-state index in [9.17, 15) is 9.18 Å². The molecule has 0 N–H and O–H groups in total. The molecule has 0 spiro atoms. The number of aromatic nitrogens is 5. The van der Waals surface area contributed by atoms with Crippen molar-refractivity contribution in [3.8, 4) is 16.8 Å². The number of pyridine rings is 1. The van der Waals surface area contributed by atoms with Gasteiger partial charge in [-0.3, -0.25) is 9.36 Å². The number of fused-ring (bicyclic) bond motifs is 3. The van der Waals surface area contributed by atoms with Gasteiger partial charge >= 0.3 is 0 Å². The second kappa shape index (κ2) is 6.09. The van der Waals surface area contributed by atoms with Gasteiger partial charge in [-0.15, -0.1) is 10.2 Å². The Hall–Kier alpha value is -3.87. The van der Waals surface area contributed by atoms with Crippen molar-refractivity contribution >= 4 is 16.7 Å². The van der Waals surface area contributed by atoms with E-state index in [-0.39, 0.29) is 11.2 Å². The van der Waals surface area contributed by atoms with Gasteiger partial charge in [0.25, 0.3) is 5.56 Å². The first-order valence-corrected chi connectivity index (χ1v) is 8.73. The second-order valence-corrected chi connectivity index (χ2v) is 6.44. The largest absolute Gasteiger partial charge is 0.285 e. The van der Waals surface area contributed by atoms with Crippen LogP contribution in [0.15, 0.2) is 71.7 Å². The molecule has 0 aliphatic rings. The molecule has 0 saturated heterocycles. The Morgan fingerprint density at radius 2 is 1.68 bits per heavy atom. The number of halogens is 1. The zero-order chi connectivity index (χ0) is 19.3. The maximum Gasteiger partial charge on any atom is 0.285 e. The lowest BCUT2D eigenvalue weighted by Crippen LogP contribution is -2.21. The van der Waals surface area contributed by atoms with Crippen LogP contribution in [-0.4, -0.2) is 24.4 Å². The van der Waals surface area contributed by atoms with Gasteiger partial charge in [0.2, 0.25) is 0 Å². The first kappa shape index (κ1) is 16.3. The van der Waals surface area contributed by atoms with Gasteiger partial charge < -0.3 is 0 Å². The number of hydrogen-bond acceptors (Lipinski definition) is 4. The fraction of sp³-hybridized carbons (Fsp3) is 0.0476. The van der Waals surface area contributed by atoms with Crippen LogP contribution in [-0.2, 0) is 0 Å². The molecule has 6 nitrogen and oxygen atoms in total. The van der Waals surface area contributed by atoms with Crippen molar-refractivity contribution in [3.63, 3.8) is 0 Å². The first-order chi connectivity index (χ1) is 13.6. The van der Waals surface area contributed by atoms with Gasteiger partial charge in [-0.2, -0.15) is 5.10 Å². The average Bonchev–Trinajstić information content (AvgIpc) is 3.06. The lowest BCUT2D eigenvalue weighted by molar-refractivity contribution is 0.616. The molecule has 0 saturated carbocycles. The number of nitrogens with zero attached hydrogens (tertiary/aromatic N) is 5. The van der Waals surface area contributed by atoms with Crippen LogP contribution in [0.5, 0.6) is 0 Å². The molecule has 7 heteroatoms. The van der Waals surface area contributed by atoms with Gasteiger partial charge in [-0.25, -0.2) is 8.91 Å². The molecule has 0 atom stereocenters. The topological polar surface area (TPSA) is 65.1 Å². The summed E-state index contributed by atoms with van der Waals surface area (Å²) in [6.45, 7) is 1.89. The monoisotopic (exact) mass is 371 g/mol. The van der Waals surface area contributed by atoms with E-state index in [0.29, 0.717) is 11.2 Å². The van der Waals surface area contributed by atoms with Crippen LogP contribution in [0.3, 0.4) is 0 Å². The van der Waals surface area contributed by atoms with Crippen LogP contribution in [0, 0.1) is 12.7 Å². The van der Waals surface area contributed by atoms with Crippen LogP contribution in [0.25, 0.3) is 33.5 Å². The van der Waals surface area contributed by atoms with Gasteiger partial charge in [0.15, 0.2) is 11.2 Å². The smallest absolute Gasteiger partial charge is 0.279 e. The lowest BCUT2D eigenvalue weighted by Gasteiger charge is -2.08. The lowest BCUT2D eigenvalue weighted by atomic mass is 10.1. The molecule has 3 heterocycles. The molecular formula is C21H14FN5O. The predicted molar refractivity (Wildman–Crippen MR) is 104 cm³/mol. The van der Waals surface area contributed by atoms with Gasteiger partial charge in [0, 0.05) is 6.20 Å². The molecule has 136 valence electrons. The summed E-state index contributed by atoms with van der Waals surface area (Å²) >= 11 is 0. The van der Waals surface area contributed by atoms with Crippen molar-refractivity contribution in [1.29, 1.82) is 0 Å². The molecule has 2 aromatic carbocycles. The SMILES string of the molecule is Cc1nn2c(nnc3c(=O)n(-c4ccccc4F)ccc32)c1-c1ccccc1. The zero-order valence-corrected chi connectivity index (χ0v) is 14.9. The van der Waals surface area contributed by atoms with E-state index >= 15 is 0 Å². The fourth-order valence-corrected chi connectivity index (χ4v) is 3.43. The number of aryl methyl sites for hydroxylation is 1. The van der Waals surface area contributed by atoms with Crippen LogP contribution in [0.4, 0.5) is 4.39 Å². The highest BCUT2D eigenvalue weighted by Gasteiger charge is 2.18. The Morgan fingerprint density at radius 3 is 2.46 bits per heavy atom. The molecule has 3 aromatic heterocycles. The third-order valence-electron chi connectivity index (χ3n) is 4.73. The standard InChI is InChI=1S/C21H14FN5O/c1-13-18(14-7-3-2-4-8-14)20-24-23-19-17(27(20)25-13)11-12-26(21(19)28)16-10-6-5-9-15(16)22/h2-12H,1H3. The highest BCUT2D eigenvalue weighted by molar-refractivity contribution is 5.84. The van der Waals surface area contributed by atoms with Gasteiger partial charge in [0.05, 0.1) is 16.9 Å². The number of para-hydroxylation sites is 1. The third-order valence-corrected chi connectivity index (χ3v) is 4.73. The van der Waals surface area contributed by atoms with Crippen molar-refractivity contribution in [2.24, 2.45) is 0 Å². The summed E-state index contributed by atoms with van der Waals surface area (Å²) < 4.78 is 17.0. The quantitative estimate of drug-likeness (QED) is 0.476. The Labute approximate surface area is 158 Å². The van der Waals surface area contributed by atoms with Gasteiger partial charge in [0.1, 0.15) is 11.3 Å². The number of benzene rings is 2. The minimum Gasteiger partial charge on any atom is -0.279 e. The summed E-state index contributed by atoms with van der Waals surface area (Å²) in [6.07, 6.45) is 1.53. The Bertz CT molecular complexity index is 1410. The second-order valence-electron chi connectivity index (χ2n) is 6.44. The molecule has 5 aromatic rings. The average molecular weight is 371 g/mol. The summed E-state index contributed by atoms with van der Waals surface area (Å²) in [5.74, 6) is -0.487. The molecule has 0 amide bonds. The van der Waals surface area contributed by atoms with Crippen molar-refractivity contribution < 1.29 is 4.39 Å². The summed E-state index contributed by atoms with van der Waals surface area (Å²) in [5, 5.41) is 13.0. The van der Waals surface area contributed by atoms with Crippen molar-refractivity contribution in [2.45, 2.75) is 6.92 Å². The van der Waals surface area contributed by atoms with E-state index in [1.54, 1.807) is 28.8 Å². The van der Waals surface area contributed by atoms with E-state index < -0.39 is 11.4 Å². The highest BCUT2D eigenvalue weighted by atomic mass is 19.1. The molecular weight excluding hydrogens is 357 g/mol. The van der Waals surface area contributed by atoms with Crippen molar-refractivity contribution in [3.05, 3.63) is 88.7 Å². The van der Waals surface area contributed by atoms with E-state index in [2.05, 4.69) is 15.3 Å². The summed E-state index contributed by atoms with van der Waals surface area (Å²) in [4.78, 5) is 12.9. The minimum absolute atomic E-state index is 0.125. The van der Waals surface area contributed by atoms with Crippen LogP contribution in [0.1, 0.15) is 5.69 Å². The van der Waals surface area contributed by atoms with Gasteiger partial charge in [-0.05, 0) is 30.7 Å². The van der Waals surface area contributed by atoms with E-state index in [0.717, 1.165) is 16.8 Å². The maximum atomic E-state index is 14.1. The minimum atomic E-state index is -0.487. The predicted octanol–water partition coefficient (Wildman–Crippen LogP) is 3.54. The number of hydrogen-bond donors (Lipinski definition) is 0. The molecule has 28 heavy (non-hydrogen) atoms. The van der Waals surface area contributed by atoms with Crippen LogP contribution >= 0.6 is 0 Å². The third kappa shape index (κ3) is 2.33. The Morgan fingerprint density at radius 1 is 0.929 bits per heavy atom. The molecule has 0 aliphatic carbocycles.